The summed E-state index contributed by atoms with van der Waals surface area (Å²) in [5.41, 5.74) is 9.56. The second-order valence-electron chi connectivity index (χ2n) is 4.78. The van der Waals surface area contributed by atoms with Crippen LogP contribution in [0.4, 0.5) is 0 Å². The van der Waals surface area contributed by atoms with Crippen LogP contribution in [0.5, 0.6) is 5.75 Å². The molecule has 0 unspecified atom stereocenters. The van der Waals surface area contributed by atoms with E-state index in [4.69, 9.17) is 5.73 Å². The molecule has 98 valence electrons. The first-order valence-electron chi connectivity index (χ1n) is 6.16. The number of aryl methyl sites for hydroxylation is 2. The van der Waals surface area contributed by atoms with Gasteiger partial charge in [-0.2, -0.15) is 0 Å². The second-order valence-corrected chi connectivity index (χ2v) is 4.78. The molecule has 0 spiro atoms. The Kier molecular flexibility index (Phi) is 3.56. The van der Waals surface area contributed by atoms with Gasteiger partial charge >= 0.3 is 0 Å². The average Bonchev–Trinajstić information content (AvgIpc) is 2.36. The molecule has 0 aliphatic heterocycles. The first-order chi connectivity index (χ1) is 8.99. The molecule has 0 bridgehead atoms. The number of aromatic hydroxyl groups is 1. The molecule has 0 aliphatic rings. The quantitative estimate of drug-likeness (QED) is 0.885. The molecule has 2 rings (SSSR count). The molecule has 19 heavy (non-hydrogen) atoms. The number of phenolic OH excluding ortho intramolecular Hbond substituents is 1. The summed E-state index contributed by atoms with van der Waals surface area (Å²) in [5.74, 6) is -0.0882. The van der Waals surface area contributed by atoms with Crippen LogP contribution in [0, 0.1) is 13.8 Å². The summed E-state index contributed by atoms with van der Waals surface area (Å²) in [6.45, 7) is 3.73. The number of carbonyl (C=O) groups excluding carboxylic acids is 1. The maximum Gasteiger partial charge on any atom is 0.248 e. The molecule has 0 heterocycles. The van der Waals surface area contributed by atoms with Gasteiger partial charge in [0, 0.05) is 5.56 Å². The molecule has 2 aromatic carbocycles. The highest BCUT2D eigenvalue weighted by atomic mass is 16.3. The Morgan fingerprint density at radius 2 is 1.74 bits per heavy atom. The molecule has 0 atom stereocenters. The van der Waals surface area contributed by atoms with E-state index in [1.807, 2.05) is 38.1 Å². The van der Waals surface area contributed by atoms with Crippen LogP contribution in [0.3, 0.4) is 0 Å². The van der Waals surface area contributed by atoms with Crippen molar-refractivity contribution in [2.45, 2.75) is 20.3 Å². The summed E-state index contributed by atoms with van der Waals surface area (Å²) in [6.07, 6.45) is 0.626. The molecule has 0 aliphatic carbocycles. The smallest absolute Gasteiger partial charge is 0.248 e. The zero-order valence-electron chi connectivity index (χ0n) is 11.1. The number of carbonyl (C=O) groups is 1. The van der Waals surface area contributed by atoms with Crippen LogP contribution in [-0.4, -0.2) is 11.0 Å². The molecule has 0 saturated heterocycles. The Labute approximate surface area is 112 Å². The lowest BCUT2D eigenvalue weighted by molar-refractivity contribution is 0.0999. The van der Waals surface area contributed by atoms with Gasteiger partial charge in [-0.15, -0.1) is 0 Å². The van der Waals surface area contributed by atoms with Crippen LogP contribution >= 0.6 is 0 Å². The highest BCUT2D eigenvalue weighted by Crippen LogP contribution is 2.24. The monoisotopic (exact) mass is 255 g/mol. The predicted molar refractivity (Wildman–Crippen MR) is 75.3 cm³/mol. The fourth-order valence-corrected chi connectivity index (χ4v) is 2.28. The zero-order chi connectivity index (χ0) is 14.0. The van der Waals surface area contributed by atoms with Crippen LogP contribution in [-0.2, 0) is 6.42 Å². The number of nitrogens with two attached hydrogens (primary N) is 1. The van der Waals surface area contributed by atoms with Crippen LogP contribution in [0.2, 0.25) is 0 Å². The lowest BCUT2D eigenvalue weighted by atomic mass is 9.96. The Morgan fingerprint density at radius 3 is 2.32 bits per heavy atom. The van der Waals surface area contributed by atoms with Gasteiger partial charge in [-0.1, -0.05) is 30.3 Å². The summed E-state index contributed by atoms with van der Waals surface area (Å²) < 4.78 is 0. The van der Waals surface area contributed by atoms with Gasteiger partial charge in [-0.05, 0) is 48.6 Å². The van der Waals surface area contributed by atoms with Gasteiger partial charge in [0.25, 0.3) is 0 Å². The summed E-state index contributed by atoms with van der Waals surface area (Å²) in [5, 5.41) is 9.77. The summed E-state index contributed by atoms with van der Waals surface area (Å²) in [7, 11) is 0. The predicted octanol–water partition coefficient (Wildman–Crippen LogP) is 2.70. The minimum Gasteiger partial charge on any atom is -0.507 e. The van der Waals surface area contributed by atoms with Crippen LogP contribution in [0.15, 0.2) is 36.4 Å². The average molecular weight is 255 g/mol. The van der Waals surface area contributed by atoms with Gasteiger partial charge in [-0.25, -0.2) is 0 Å². The van der Waals surface area contributed by atoms with Crippen LogP contribution in [0.25, 0.3) is 0 Å². The van der Waals surface area contributed by atoms with Gasteiger partial charge in [0.1, 0.15) is 5.75 Å². The molecule has 0 radical (unpaired) electrons. The highest BCUT2D eigenvalue weighted by Gasteiger charge is 2.09. The van der Waals surface area contributed by atoms with E-state index < -0.39 is 5.91 Å². The lowest BCUT2D eigenvalue weighted by Crippen LogP contribution is -2.13. The van der Waals surface area contributed by atoms with Crippen LogP contribution in [0.1, 0.15) is 32.6 Å². The van der Waals surface area contributed by atoms with Crippen molar-refractivity contribution in [1.82, 2.24) is 0 Å². The van der Waals surface area contributed by atoms with E-state index in [-0.39, 0.29) is 0 Å². The molecule has 0 fully saturated rings. The number of rotatable bonds is 3. The van der Waals surface area contributed by atoms with E-state index in [9.17, 15) is 9.90 Å². The van der Waals surface area contributed by atoms with Crippen molar-refractivity contribution >= 4 is 5.91 Å². The Morgan fingerprint density at radius 1 is 1.16 bits per heavy atom. The van der Waals surface area contributed by atoms with Crippen molar-refractivity contribution in [3.8, 4) is 5.75 Å². The third kappa shape index (κ3) is 2.76. The molecule has 0 saturated carbocycles. The van der Waals surface area contributed by atoms with E-state index in [0.29, 0.717) is 17.7 Å². The van der Waals surface area contributed by atoms with Gasteiger partial charge < -0.3 is 10.8 Å². The number of hydrogen-bond donors (Lipinski definition) is 2. The largest absolute Gasteiger partial charge is 0.507 e. The van der Waals surface area contributed by atoms with Crippen molar-refractivity contribution in [2.24, 2.45) is 5.73 Å². The van der Waals surface area contributed by atoms with Crippen molar-refractivity contribution in [3.63, 3.8) is 0 Å². The summed E-state index contributed by atoms with van der Waals surface area (Å²) >= 11 is 0. The number of benzene rings is 2. The fraction of sp³-hybridized carbons (Fsp3) is 0.188. The third-order valence-electron chi connectivity index (χ3n) is 3.23. The Balaban J connectivity index is 2.39. The number of amides is 1. The van der Waals surface area contributed by atoms with Gasteiger partial charge in [0.2, 0.25) is 5.91 Å². The zero-order valence-corrected chi connectivity index (χ0v) is 11.1. The standard InChI is InChI=1S/C16H17NO2/c1-10-7-12(8-11(2)15(10)18)9-13-5-3-4-6-14(13)16(17)19/h3-8,18H,9H2,1-2H3,(H2,17,19). The van der Waals surface area contributed by atoms with Gasteiger partial charge in [0.15, 0.2) is 0 Å². The summed E-state index contributed by atoms with van der Waals surface area (Å²) in [4.78, 5) is 11.4. The van der Waals surface area contributed by atoms with E-state index in [1.54, 1.807) is 12.1 Å². The maximum absolute atomic E-state index is 11.4. The minimum atomic E-state index is -0.414. The molecule has 3 nitrogen and oxygen atoms in total. The molecular weight excluding hydrogens is 238 g/mol. The molecule has 3 heteroatoms. The molecule has 3 N–H and O–H groups in total. The van der Waals surface area contributed by atoms with Gasteiger partial charge in [-0.3, -0.25) is 4.79 Å². The first-order valence-corrected chi connectivity index (χ1v) is 6.16. The highest BCUT2D eigenvalue weighted by molar-refractivity contribution is 5.94. The van der Waals surface area contributed by atoms with Crippen molar-refractivity contribution in [3.05, 3.63) is 64.2 Å². The van der Waals surface area contributed by atoms with E-state index in [0.717, 1.165) is 22.3 Å². The third-order valence-corrected chi connectivity index (χ3v) is 3.23. The topological polar surface area (TPSA) is 63.3 Å². The molecule has 1 amide bonds. The summed E-state index contributed by atoms with van der Waals surface area (Å²) in [6, 6.07) is 11.2. The first kappa shape index (κ1) is 13.1. The van der Waals surface area contributed by atoms with Crippen molar-refractivity contribution in [2.75, 3.05) is 0 Å². The van der Waals surface area contributed by atoms with E-state index in [1.165, 1.54) is 0 Å². The molecule has 2 aromatic rings. The number of primary amides is 1. The number of hydrogen-bond acceptors (Lipinski definition) is 2. The van der Waals surface area contributed by atoms with E-state index in [2.05, 4.69) is 0 Å². The van der Waals surface area contributed by atoms with Gasteiger partial charge in [0.05, 0.1) is 0 Å². The van der Waals surface area contributed by atoms with Crippen LogP contribution < -0.4 is 5.73 Å². The molecular formula is C16H17NO2. The normalized spacial score (nSPS) is 10.4. The second kappa shape index (κ2) is 5.14. The minimum absolute atomic E-state index is 0.326. The maximum atomic E-state index is 11.4. The lowest BCUT2D eigenvalue weighted by Gasteiger charge is -2.10. The Hall–Kier alpha value is -2.29. The number of phenols is 1. The van der Waals surface area contributed by atoms with Crippen molar-refractivity contribution in [1.29, 1.82) is 0 Å². The van der Waals surface area contributed by atoms with Crippen molar-refractivity contribution < 1.29 is 9.90 Å². The SMILES string of the molecule is Cc1cc(Cc2ccccc2C(N)=O)cc(C)c1O. The Bertz CT molecular complexity index is 609. The fourth-order valence-electron chi connectivity index (χ4n) is 2.28. The molecule has 0 aromatic heterocycles. The van der Waals surface area contributed by atoms with E-state index >= 15 is 0 Å².